The fourth-order valence-electron chi connectivity index (χ4n) is 1.25. The van der Waals surface area contributed by atoms with Crippen LogP contribution >= 0.6 is 11.6 Å². The van der Waals surface area contributed by atoms with E-state index < -0.39 is 5.91 Å². The molecule has 0 heterocycles. The van der Waals surface area contributed by atoms with Crippen LogP contribution in [-0.2, 0) is 4.79 Å². The predicted molar refractivity (Wildman–Crippen MR) is 61.6 cm³/mol. The first-order valence-electron chi connectivity index (χ1n) is 4.41. The summed E-state index contributed by atoms with van der Waals surface area (Å²) in [6, 6.07) is 3.42. The lowest BCUT2D eigenvalue weighted by Gasteiger charge is -2.11. The lowest BCUT2D eigenvalue weighted by molar-refractivity contribution is -0.110. The summed E-state index contributed by atoms with van der Waals surface area (Å²) in [4.78, 5) is 11.2. The number of hydrogen-bond acceptors (Lipinski definition) is 4. The number of methoxy groups -OCH3 is 1. The molecule has 0 fully saturated rings. The van der Waals surface area contributed by atoms with Crippen molar-refractivity contribution in [2.75, 3.05) is 12.4 Å². The van der Waals surface area contributed by atoms with Crippen LogP contribution in [0.1, 0.15) is 5.56 Å². The molecular formula is C10H11ClN2O3. The van der Waals surface area contributed by atoms with Gasteiger partial charge in [0.15, 0.2) is 5.75 Å². The minimum atomic E-state index is -0.567. The molecule has 16 heavy (non-hydrogen) atoms. The van der Waals surface area contributed by atoms with Crippen molar-refractivity contribution in [3.05, 3.63) is 22.7 Å². The normalized spacial score (nSPS) is 10.4. The molecule has 0 unspecified atom stereocenters. The number of benzene rings is 1. The van der Waals surface area contributed by atoms with Crippen LogP contribution in [-0.4, -0.2) is 24.4 Å². The van der Waals surface area contributed by atoms with E-state index >= 15 is 0 Å². The molecule has 6 heteroatoms. The zero-order valence-corrected chi connectivity index (χ0v) is 9.58. The second-order valence-corrected chi connectivity index (χ2v) is 3.47. The van der Waals surface area contributed by atoms with Crippen LogP contribution in [0.25, 0.3) is 0 Å². The highest BCUT2D eigenvalue weighted by Crippen LogP contribution is 2.33. The summed E-state index contributed by atoms with van der Waals surface area (Å²) >= 11 is 5.94. The summed E-state index contributed by atoms with van der Waals surface area (Å²) in [5.41, 5.74) is 1.31. The maximum Gasteiger partial charge on any atom is 0.270 e. The van der Waals surface area contributed by atoms with Gasteiger partial charge in [-0.25, -0.2) is 0 Å². The van der Waals surface area contributed by atoms with Crippen LogP contribution in [0.4, 0.5) is 5.69 Å². The van der Waals surface area contributed by atoms with Gasteiger partial charge >= 0.3 is 0 Å². The molecule has 0 saturated heterocycles. The standard InChI is InChI=1S/C10H11ClN2O3/c1-6-3-7(11)10(16-2)8(4-6)13-9(14)5-12-15/h3-5,15H,1-2H3,(H,13,14)/b12-5+. The van der Waals surface area contributed by atoms with Gasteiger partial charge in [-0.3, -0.25) is 4.79 Å². The number of halogens is 1. The Hall–Kier alpha value is -1.75. The average Bonchev–Trinajstić information content (AvgIpc) is 2.17. The number of nitrogens with zero attached hydrogens (tertiary/aromatic N) is 1. The first-order valence-corrected chi connectivity index (χ1v) is 4.79. The fraction of sp³-hybridized carbons (Fsp3) is 0.200. The van der Waals surface area contributed by atoms with Gasteiger partial charge in [0.25, 0.3) is 5.91 Å². The predicted octanol–water partition coefficient (Wildman–Crippen LogP) is 2.06. The number of rotatable bonds is 3. The zero-order valence-electron chi connectivity index (χ0n) is 8.82. The van der Waals surface area contributed by atoms with Crippen molar-refractivity contribution >= 4 is 29.4 Å². The third kappa shape index (κ3) is 2.87. The highest BCUT2D eigenvalue weighted by atomic mass is 35.5. The SMILES string of the molecule is COc1c(Cl)cc(C)cc1NC(=O)/C=N/O. The quantitative estimate of drug-likeness (QED) is 0.484. The Bertz CT molecular complexity index is 432. The van der Waals surface area contributed by atoms with Crippen LogP contribution in [0, 0.1) is 6.92 Å². The van der Waals surface area contributed by atoms with Crippen molar-refractivity contribution in [1.82, 2.24) is 0 Å². The Morgan fingerprint density at radius 3 is 2.88 bits per heavy atom. The number of anilines is 1. The topological polar surface area (TPSA) is 70.9 Å². The second kappa shape index (κ2) is 5.37. The fourth-order valence-corrected chi connectivity index (χ4v) is 1.60. The van der Waals surface area contributed by atoms with Crippen LogP contribution in [0.5, 0.6) is 5.75 Å². The van der Waals surface area contributed by atoms with Gasteiger partial charge < -0.3 is 15.3 Å². The maximum absolute atomic E-state index is 11.2. The molecule has 2 N–H and O–H groups in total. The highest BCUT2D eigenvalue weighted by molar-refractivity contribution is 6.34. The Kier molecular flexibility index (Phi) is 4.13. The monoisotopic (exact) mass is 242 g/mol. The summed E-state index contributed by atoms with van der Waals surface area (Å²) in [6.07, 6.45) is 0.746. The zero-order chi connectivity index (χ0) is 12.1. The van der Waals surface area contributed by atoms with Crippen molar-refractivity contribution in [2.24, 2.45) is 5.16 Å². The van der Waals surface area contributed by atoms with Gasteiger partial charge in [0, 0.05) is 0 Å². The lowest BCUT2D eigenvalue weighted by atomic mass is 10.2. The van der Waals surface area contributed by atoms with Gasteiger partial charge in [-0.1, -0.05) is 16.8 Å². The molecule has 1 amide bonds. The number of carbonyl (C=O) groups is 1. The molecule has 86 valence electrons. The third-order valence-electron chi connectivity index (χ3n) is 1.82. The highest BCUT2D eigenvalue weighted by Gasteiger charge is 2.10. The van der Waals surface area contributed by atoms with Crippen LogP contribution in [0.15, 0.2) is 17.3 Å². The molecule has 1 aromatic carbocycles. The molecule has 1 rings (SSSR count). The largest absolute Gasteiger partial charge is 0.493 e. The molecule has 0 spiro atoms. The van der Waals surface area contributed by atoms with Gasteiger partial charge in [-0.2, -0.15) is 0 Å². The van der Waals surface area contributed by atoms with Crippen LogP contribution < -0.4 is 10.1 Å². The molecule has 1 aromatic rings. The maximum atomic E-state index is 11.2. The number of ether oxygens (including phenoxy) is 1. The first kappa shape index (κ1) is 12.3. The van der Waals surface area contributed by atoms with E-state index in [0.717, 1.165) is 11.8 Å². The number of hydrogen-bond donors (Lipinski definition) is 2. The van der Waals surface area contributed by atoms with Crippen LogP contribution in [0.3, 0.4) is 0 Å². The van der Waals surface area contributed by atoms with Crippen molar-refractivity contribution in [2.45, 2.75) is 6.92 Å². The first-order chi connectivity index (χ1) is 7.58. The van der Waals surface area contributed by atoms with Crippen molar-refractivity contribution < 1.29 is 14.7 Å². The molecule has 0 aliphatic rings. The molecule has 5 nitrogen and oxygen atoms in total. The van der Waals surface area contributed by atoms with Gasteiger partial charge in [0.05, 0.1) is 17.8 Å². The number of nitrogens with one attached hydrogen (secondary N) is 1. The van der Waals surface area contributed by atoms with Gasteiger partial charge in [0.1, 0.15) is 6.21 Å². The summed E-state index contributed by atoms with van der Waals surface area (Å²) in [7, 11) is 1.45. The molecule has 0 aromatic heterocycles. The lowest BCUT2D eigenvalue weighted by Crippen LogP contribution is -2.13. The van der Waals surface area contributed by atoms with Crippen molar-refractivity contribution in [3.63, 3.8) is 0 Å². The Morgan fingerprint density at radius 2 is 2.31 bits per heavy atom. The van der Waals surface area contributed by atoms with Crippen molar-refractivity contribution in [1.29, 1.82) is 0 Å². The molecule has 0 radical (unpaired) electrons. The van der Waals surface area contributed by atoms with E-state index in [1.165, 1.54) is 7.11 Å². The Morgan fingerprint density at radius 1 is 1.62 bits per heavy atom. The minimum Gasteiger partial charge on any atom is -0.493 e. The molecular weight excluding hydrogens is 232 g/mol. The Balaban J connectivity index is 3.07. The second-order valence-electron chi connectivity index (χ2n) is 3.06. The van der Waals surface area contributed by atoms with E-state index in [4.69, 9.17) is 21.5 Å². The molecule has 0 aliphatic heterocycles. The number of amides is 1. The molecule has 0 atom stereocenters. The van der Waals surface area contributed by atoms with Gasteiger partial charge in [-0.05, 0) is 24.6 Å². The number of oxime groups is 1. The van der Waals surface area contributed by atoms with Gasteiger partial charge in [0.2, 0.25) is 0 Å². The molecule has 0 aliphatic carbocycles. The minimum absolute atomic E-state index is 0.368. The smallest absolute Gasteiger partial charge is 0.270 e. The Labute approximate surface area is 97.7 Å². The van der Waals surface area contributed by atoms with E-state index in [-0.39, 0.29) is 0 Å². The molecule has 0 saturated carbocycles. The van der Waals surface area contributed by atoms with E-state index in [1.807, 2.05) is 6.92 Å². The summed E-state index contributed by atoms with van der Waals surface area (Å²) in [5.74, 6) is -0.200. The summed E-state index contributed by atoms with van der Waals surface area (Å²) < 4.78 is 5.06. The summed E-state index contributed by atoms with van der Waals surface area (Å²) in [6.45, 7) is 1.83. The van der Waals surface area contributed by atoms with Crippen LogP contribution in [0.2, 0.25) is 5.02 Å². The van der Waals surface area contributed by atoms with E-state index in [1.54, 1.807) is 12.1 Å². The number of carbonyl (C=O) groups excluding carboxylic acids is 1. The summed E-state index contributed by atoms with van der Waals surface area (Å²) in [5, 5.41) is 13.7. The van der Waals surface area contributed by atoms with E-state index in [2.05, 4.69) is 10.5 Å². The van der Waals surface area contributed by atoms with E-state index in [0.29, 0.717) is 16.5 Å². The van der Waals surface area contributed by atoms with Crippen molar-refractivity contribution in [3.8, 4) is 5.75 Å². The van der Waals surface area contributed by atoms with E-state index in [9.17, 15) is 4.79 Å². The van der Waals surface area contributed by atoms with Gasteiger partial charge in [-0.15, -0.1) is 0 Å². The number of aryl methyl sites for hydroxylation is 1. The molecule has 0 bridgehead atoms. The third-order valence-corrected chi connectivity index (χ3v) is 2.11. The average molecular weight is 243 g/mol.